The Kier molecular flexibility index (Phi) is 2.36. The molecular weight excluding hydrogens is 232 g/mol. The first-order valence-corrected chi connectivity index (χ1v) is 5.77. The number of hydrogen-bond donors (Lipinski definition) is 1. The van der Waals surface area contributed by atoms with Crippen molar-refractivity contribution in [1.82, 2.24) is 19.7 Å². The summed E-state index contributed by atoms with van der Waals surface area (Å²) in [7, 11) is 0. The molecule has 0 bridgehead atoms. The summed E-state index contributed by atoms with van der Waals surface area (Å²) < 4.78 is 1.60. The van der Waals surface area contributed by atoms with Crippen molar-refractivity contribution >= 4 is 5.97 Å². The van der Waals surface area contributed by atoms with E-state index in [1.807, 2.05) is 13.0 Å². The van der Waals surface area contributed by atoms with Gasteiger partial charge < -0.3 is 5.11 Å². The van der Waals surface area contributed by atoms with Crippen molar-refractivity contribution in [2.45, 2.75) is 25.7 Å². The predicted molar refractivity (Wildman–Crippen MR) is 62.8 cm³/mol. The summed E-state index contributed by atoms with van der Waals surface area (Å²) >= 11 is 0. The van der Waals surface area contributed by atoms with Crippen LogP contribution >= 0.6 is 0 Å². The first-order valence-electron chi connectivity index (χ1n) is 5.77. The number of nitrogens with zero attached hydrogens (tertiary/aromatic N) is 4. The molecule has 1 N–H and O–H groups in total. The van der Waals surface area contributed by atoms with Gasteiger partial charge in [0.05, 0.1) is 11.9 Å². The maximum absolute atomic E-state index is 11.0. The van der Waals surface area contributed by atoms with E-state index in [1.54, 1.807) is 17.1 Å². The van der Waals surface area contributed by atoms with E-state index in [4.69, 9.17) is 5.11 Å². The lowest BCUT2D eigenvalue weighted by Gasteiger charge is -2.04. The Hall–Kier alpha value is -2.24. The summed E-state index contributed by atoms with van der Waals surface area (Å²) in [5.74, 6) is -0.208. The van der Waals surface area contributed by atoms with E-state index in [2.05, 4.69) is 15.1 Å². The topological polar surface area (TPSA) is 80.9 Å². The van der Waals surface area contributed by atoms with Crippen LogP contribution in [0, 0.1) is 6.92 Å². The van der Waals surface area contributed by atoms with Crippen LogP contribution in [-0.4, -0.2) is 30.8 Å². The lowest BCUT2D eigenvalue weighted by Crippen LogP contribution is -2.04. The van der Waals surface area contributed by atoms with Crippen LogP contribution in [0.2, 0.25) is 0 Å². The van der Waals surface area contributed by atoms with Gasteiger partial charge in [0.25, 0.3) is 5.82 Å². The predicted octanol–water partition coefficient (Wildman–Crippen LogP) is 1.55. The van der Waals surface area contributed by atoms with E-state index in [1.165, 1.54) is 0 Å². The fourth-order valence-corrected chi connectivity index (χ4v) is 1.87. The zero-order chi connectivity index (χ0) is 12.7. The third-order valence-electron chi connectivity index (χ3n) is 2.87. The number of carbonyl (C=O) groups is 1. The van der Waals surface area contributed by atoms with Crippen molar-refractivity contribution in [3.63, 3.8) is 0 Å². The SMILES string of the molecule is Cc1cncc(-n2nc(C(=O)O)nc2C2CC2)c1. The number of carboxylic acids is 1. The summed E-state index contributed by atoms with van der Waals surface area (Å²) in [6.07, 6.45) is 5.49. The monoisotopic (exact) mass is 244 g/mol. The van der Waals surface area contributed by atoms with E-state index in [9.17, 15) is 4.79 Å². The van der Waals surface area contributed by atoms with Crippen LogP contribution in [0.25, 0.3) is 5.69 Å². The van der Waals surface area contributed by atoms with Crippen LogP contribution in [0.15, 0.2) is 18.5 Å². The Bertz CT molecular complexity index is 616. The Labute approximate surface area is 103 Å². The van der Waals surface area contributed by atoms with Gasteiger partial charge in [0.2, 0.25) is 0 Å². The molecule has 0 aromatic carbocycles. The number of carboxylic acid groups (broad SMARTS) is 1. The summed E-state index contributed by atoms with van der Waals surface area (Å²) in [6, 6.07) is 1.92. The molecule has 18 heavy (non-hydrogen) atoms. The number of rotatable bonds is 3. The molecule has 1 fully saturated rings. The summed E-state index contributed by atoms with van der Waals surface area (Å²) in [6.45, 7) is 1.93. The summed E-state index contributed by atoms with van der Waals surface area (Å²) in [4.78, 5) is 19.2. The van der Waals surface area contributed by atoms with Gasteiger partial charge in [-0.15, -0.1) is 5.10 Å². The van der Waals surface area contributed by atoms with Gasteiger partial charge in [-0.1, -0.05) is 0 Å². The minimum atomic E-state index is -1.10. The normalized spacial score (nSPS) is 14.7. The van der Waals surface area contributed by atoms with Gasteiger partial charge in [-0.25, -0.2) is 14.5 Å². The highest BCUT2D eigenvalue weighted by Gasteiger charge is 2.31. The third kappa shape index (κ3) is 1.85. The fraction of sp³-hybridized carbons (Fsp3) is 0.333. The van der Waals surface area contributed by atoms with Gasteiger partial charge in [0, 0.05) is 12.1 Å². The van der Waals surface area contributed by atoms with Crippen LogP contribution in [-0.2, 0) is 0 Å². The molecule has 2 aromatic rings. The Morgan fingerprint density at radius 3 is 2.83 bits per heavy atom. The summed E-state index contributed by atoms with van der Waals surface area (Å²) in [5.41, 5.74) is 1.76. The average Bonchev–Trinajstić information content (AvgIpc) is 3.07. The average molecular weight is 244 g/mol. The molecular formula is C12H12N4O2. The van der Waals surface area contributed by atoms with Gasteiger partial charge >= 0.3 is 5.97 Å². The van der Waals surface area contributed by atoms with Crippen molar-refractivity contribution < 1.29 is 9.90 Å². The third-order valence-corrected chi connectivity index (χ3v) is 2.87. The first kappa shape index (κ1) is 10.9. The maximum atomic E-state index is 11.0. The first-order chi connectivity index (χ1) is 8.65. The number of aryl methyl sites for hydroxylation is 1. The molecule has 3 rings (SSSR count). The van der Waals surface area contributed by atoms with Crippen molar-refractivity contribution in [3.05, 3.63) is 35.7 Å². The summed E-state index contributed by atoms with van der Waals surface area (Å²) in [5, 5.41) is 13.0. The zero-order valence-corrected chi connectivity index (χ0v) is 9.87. The highest BCUT2D eigenvalue weighted by Crippen LogP contribution is 2.39. The molecule has 0 amide bonds. The van der Waals surface area contributed by atoms with Gasteiger partial charge in [-0.3, -0.25) is 4.98 Å². The van der Waals surface area contributed by atoms with Crippen LogP contribution < -0.4 is 0 Å². The smallest absolute Gasteiger partial charge is 0.375 e. The minimum absolute atomic E-state index is 0.154. The molecule has 0 aliphatic heterocycles. The number of pyridine rings is 1. The highest BCUT2D eigenvalue weighted by molar-refractivity contribution is 5.83. The number of hydrogen-bond acceptors (Lipinski definition) is 4. The highest BCUT2D eigenvalue weighted by atomic mass is 16.4. The Balaban J connectivity index is 2.12. The lowest BCUT2D eigenvalue weighted by molar-refractivity contribution is 0.0683. The molecule has 2 heterocycles. The number of aromatic carboxylic acids is 1. The van der Waals surface area contributed by atoms with Crippen LogP contribution in [0.3, 0.4) is 0 Å². The van der Waals surface area contributed by atoms with E-state index >= 15 is 0 Å². The van der Waals surface area contributed by atoms with Crippen LogP contribution in [0.1, 0.15) is 40.8 Å². The zero-order valence-electron chi connectivity index (χ0n) is 9.87. The maximum Gasteiger partial charge on any atom is 0.375 e. The molecule has 1 aliphatic rings. The molecule has 0 atom stereocenters. The molecule has 2 aromatic heterocycles. The second kappa shape index (κ2) is 3.90. The quantitative estimate of drug-likeness (QED) is 0.885. The molecule has 0 spiro atoms. The molecule has 0 saturated heterocycles. The van der Waals surface area contributed by atoms with Gasteiger partial charge in [-0.05, 0) is 31.4 Å². The second-order valence-electron chi connectivity index (χ2n) is 4.51. The van der Waals surface area contributed by atoms with E-state index in [0.29, 0.717) is 5.92 Å². The standard InChI is InChI=1S/C12H12N4O2/c1-7-4-9(6-13-5-7)16-11(8-2-3-8)14-10(15-16)12(17)18/h4-6,8H,2-3H2,1H3,(H,17,18). The molecule has 0 unspecified atom stereocenters. The molecule has 1 saturated carbocycles. The second-order valence-corrected chi connectivity index (χ2v) is 4.51. The Morgan fingerprint density at radius 1 is 1.44 bits per heavy atom. The molecule has 92 valence electrons. The largest absolute Gasteiger partial charge is 0.475 e. The minimum Gasteiger partial charge on any atom is -0.475 e. The van der Waals surface area contributed by atoms with Crippen molar-refractivity contribution in [1.29, 1.82) is 0 Å². The van der Waals surface area contributed by atoms with Gasteiger partial charge in [0.15, 0.2) is 0 Å². The molecule has 1 aliphatic carbocycles. The van der Waals surface area contributed by atoms with Gasteiger partial charge in [0.1, 0.15) is 5.82 Å². The Morgan fingerprint density at radius 2 is 2.22 bits per heavy atom. The molecule has 6 nitrogen and oxygen atoms in total. The van der Waals surface area contributed by atoms with Gasteiger partial charge in [-0.2, -0.15) is 0 Å². The van der Waals surface area contributed by atoms with E-state index < -0.39 is 5.97 Å². The van der Waals surface area contributed by atoms with E-state index in [0.717, 1.165) is 29.9 Å². The fourth-order valence-electron chi connectivity index (χ4n) is 1.87. The lowest BCUT2D eigenvalue weighted by atomic mass is 10.3. The van der Waals surface area contributed by atoms with Crippen molar-refractivity contribution in [2.75, 3.05) is 0 Å². The van der Waals surface area contributed by atoms with E-state index in [-0.39, 0.29) is 5.82 Å². The molecule has 0 radical (unpaired) electrons. The van der Waals surface area contributed by atoms with Crippen molar-refractivity contribution in [3.8, 4) is 5.69 Å². The molecule has 6 heteroatoms. The number of aromatic nitrogens is 4. The van der Waals surface area contributed by atoms with Crippen molar-refractivity contribution in [2.24, 2.45) is 0 Å². The van der Waals surface area contributed by atoms with Crippen LogP contribution in [0.5, 0.6) is 0 Å². The van der Waals surface area contributed by atoms with Crippen LogP contribution in [0.4, 0.5) is 0 Å².